The third-order valence-electron chi connectivity index (χ3n) is 6.63. The maximum Gasteiger partial charge on any atom is 0.410 e. The zero-order valence-corrected chi connectivity index (χ0v) is 20.2. The van der Waals surface area contributed by atoms with Crippen LogP contribution in [0, 0.1) is 12.7 Å². The van der Waals surface area contributed by atoms with E-state index >= 15 is 4.39 Å². The Labute approximate surface area is 198 Å². The molecule has 2 aliphatic heterocycles. The number of halogens is 1. The predicted octanol–water partition coefficient (Wildman–Crippen LogP) is 4.01. The number of fused-ring (bicyclic) bond motifs is 1. The Morgan fingerprint density at radius 1 is 1.21 bits per heavy atom. The van der Waals surface area contributed by atoms with Crippen molar-refractivity contribution in [2.45, 2.75) is 49.7 Å². The molecule has 1 aromatic heterocycles. The summed E-state index contributed by atoms with van der Waals surface area (Å²) in [5.41, 5.74) is 0.356. The number of pyridine rings is 1. The first-order valence-corrected chi connectivity index (χ1v) is 12.5. The number of anilines is 1. The lowest BCUT2D eigenvalue weighted by molar-refractivity contribution is 0.102. The molecular weight excluding hydrogens is 461 g/mol. The lowest BCUT2D eigenvalue weighted by atomic mass is 9.85. The van der Waals surface area contributed by atoms with Gasteiger partial charge < -0.3 is 15.0 Å². The molecular formula is C23H28FN5O4S. The van der Waals surface area contributed by atoms with Crippen molar-refractivity contribution < 1.29 is 23.6 Å². The molecule has 0 aliphatic carbocycles. The molecule has 182 valence electrons. The second-order valence-electron chi connectivity index (χ2n) is 9.18. The summed E-state index contributed by atoms with van der Waals surface area (Å²) in [5, 5.41) is 14.0. The van der Waals surface area contributed by atoms with Crippen LogP contribution in [-0.4, -0.2) is 49.0 Å². The highest BCUT2D eigenvalue weighted by Gasteiger charge is 2.61. The maximum atomic E-state index is 15.2. The van der Waals surface area contributed by atoms with Crippen LogP contribution in [0.5, 0.6) is 0 Å². The molecule has 3 heterocycles. The summed E-state index contributed by atoms with van der Waals surface area (Å²) < 4.78 is 29.2. The first-order valence-electron chi connectivity index (χ1n) is 10.8. The van der Waals surface area contributed by atoms with Crippen LogP contribution in [0.2, 0.25) is 0 Å². The van der Waals surface area contributed by atoms with Crippen LogP contribution in [-0.2, 0) is 5.54 Å². The highest BCUT2D eigenvalue weighted by Crippen LogP contribution is 2.67. The van der Waals surface area contributed by atoms with Gasteiger partial charge in [0.1, 0.15) is 17.2 Å². The number of hydrogen-bond donors (Lipinski definition) is 5. The van der Waals surface area contributed by atoms with Gasteiger partial charge in [-0.3, -0.25) is 24.8 Å². The van der Waals surface area contributed by atoms with E-state index < -0.39 is 43.8 Å². The zero-order chi connectivity index (χ0) is 24.9. The van der Waals surface area contributed by atoms with Crippen molar-refractivity contribution in [3.8, 4) is 0 Å². The molecule has 5 N–H and O–H groups in total. The molecule has 0 radical (unpaired) electrons. The van der Waals surface area contributed by atoms with Crippen LogP contribution in [0.15, 0.2) is 41.5 Å². The highest BCUT2D eigenvalue weighted by atomic mass is 32.3. The van der Waals surface area contributed by atoms with Crippen molar-refractivity contribution in [1.29, 1.82) is 0 Å². The minimum Gasteiger partial charge on any atom is -0.465 e. The van der Waals surface area contributed by atoms with Crippen molar-refractivity contribution in [3.63, 3.8) is 0 Å². The third-order valence-corrected chi connectivity index (χ3v) is 10.5. The number of nitrogens with one attached hydrogen (secondary N) is 3. The van der Waals surface area contributed by atoms with E-state index in [2.05, 4.69) is 20.3 Å². The quantitative estimate of drug-likeness (QED) is 0.442. The number of hydrogen-bond acceptors (Lipinski definition) is 6. The molecule has 0 saturated carbocycles. The third kappa shape index (κ3) is 3.83. The number of carbonyl (C=O) groups excluding carboxylic acids is 1. The average Bonchev–Trinajstić information content (AvgIpc) is 3.18. The standard InChI is InChI=1S/C23H28FN5O4S/c1-13-5-6-14(12-25-13)19(30)27-15-7-8-17(24)16(11-15)23(4)18-9-10-26-34(18,33)22(2,3)20(29-23)28-21(31)32/h5-8,11-12,18,26,33H,9-10H2,1-4H3,(H,27,30)(H,28,29)(H,31,32)/t18-,23+/m0/s1. The second-order valence-corrected chi connectivity index (χ2v) is 12.3. The van der Waals surface area contributed by atoms with Crippen LogP contribution in [0.1, 0.15) is 48.8 Å². The molecule has 3 atom stereocenters. The average molecular weight is 490 g/mol. The van der Waals surface area contributed by atoms with E-state index in [0.29, 0.717) is 24.2 Å². The van der Waals surface area contributed by atoms with Gasteiger partial charge >= 0.3 is 6.09 Å². The number of amidine groups is 1. The maximum absolute atomic E-state index is 15.2. The SMILES string of the molecule is Cc1ccc(C(=O)Nc2ccc(F)c([C@@]3(C)N=C(NC(=O)O)C(C)(C)S4(O)NCC[C@@H]34)c2)cn1. The van der Waals surface area contributed by atoms with Gasteiger partial charge in [0.25, 0.3) is 5.91 Å². The monoisotopic (exact) mass is 489 g/mol. The van der Waals surface area contributed by atoms with Crippen LogP contribution in [0.25, 0.3) is 0 Å². The molecule has 34 heavy (non-hydrogen) atoms. The van der Waals surface area contributed by atoms with E-state index in [4.69, 9.17) is 4.99 Å². The van der Waals surface area contributed by atoms with Gasteiger partial charge in [-0.05, 0) is 64.4 Å². The number of benzene rings is 1. The van der Waals surface area contributed by atoms with Gasteiger partial charge in [0.05, 0.1) is 15.6 Å². The lowest BCUT2D eigenvalue weighted by Crippen LogP contribution is -2.59. The number of carboxylic acid groups (broad SMARTS) is 1. The second kappa shape index (κ2) is 8.33. The summed E-state index contributed by atoms with van der Waals surface area (Å²) in [6.07, 6.45) is 0.670. The summed E-state index contributed by atoms with van der Waals surface area (Å²) >= 11 is 0. The van der Waals surface area contributed by atoms with Gasteiger partial charge in [-0.25, -0.2) is 9.18 Å². The minimum absolute atomic E-state index is 0.0604. The molecule has 1 fully saturated rings. The summed E-state index contributed by atoms with van der Waals surface area (Å²) in [7, 11) is -2.64. The molecule has 2 aromatic rings. The fourth-order valence-corrected chi connectivity index (χ4v) is 8.06. The number of aryl methyl sites for hydroxylation is 1. The molecule has 1 unspecified atom stereocenters. The Morgan fingerprint density at radius 3 is 2.59 bits per heavy atom. The number of amides is 2. The lowest BCUT2D eigenvalue weighted by Gasteiger charge is -2.56. The van der Waals surface area contributed by atoms with Crippen molar-refractivity contribution in [3.05, 3.63) is 59.2 Å². The minimum atomic E-state index is -2.64. The fourth-order valence-electron chi connectivity index (χ4n) is 4.66. The summed E-state index contributed by atoms with van der Waals surface area (Å²) in [4.78, 5) is 33.0. The fraction of sp³-hybridized carbons (Fsp3) is 0.391. The number of aromatic nitrogens is 1. The Kier molecular flexibility index (Phi) is 5.91. The van der Waals surface area contributed by atoms with E-state index in [-0.39, 0.29) is 11.4 Å². The highest BCUT2D eigenvalue weighted by molar-refractivity contribution is 8.29. The van der Waals surface area contributed by atoms with Gasteiger partial charge in [-0.2, -0.15) is 0 Å². The summed E-state index contributed by atoms with van der Waals surface area (Å²) in [6, 6.07) is 7.54. The molecule has 1 aromatic carbocycles. The molecule has 1 saturated heterocycles. The smallest absolute Gasteiger partial charge is 0.410 e. The van der Waals surface area contributed by atoms with Crippen LogP contribution in [0.3, 0.4) is 0 Å². The van der Waals surface area contributed by atoms with Crippen molar-refractivity contribution in [1.82, 2.24) is 15.0 Å². The van der Waals surface area contributed by atoms with Gasteiger partial charge in [0, 0.05) is 29.7 Å². The van der Waals surface area contributed by atoms with E-state index in [9.17, 15) is 19.2 Å². The van der Waals surface area contributed by atoms with Gasteiger partial charge in [0.15, 0.2) is 0 Å². The molecule has 11 heteroatoms. The van der Waals surface area contributed by atoms with Gasteiger partial charge in [0.2, 0.25) is 0 Å². The topological polar surface area (TPSA) is 136 Å². The van der Waals surface area contributed by atoms with Crippen molar-refractivity contribution >= 4 is 34.0 Å². The van der Waals surface area contributed by atoms with Gasteiger partial charge in [-0.15, -0.1) is 0 Å². The van der Waals surface area contributed by atoms with Crippen LogP contribution in [0.4, 0.5) is 14.9 Å². The predicted molar refractivity (Wildman–Crippen MR) is 130 cm³/mol. The summed E-state index contributed by atoms with van der Waals surface area (Å²) in [6.45, 7) is 7.45. The normalized spacial score (nSPS) is 29.4. The molecule has 4 rings (SSSR count). The van der Waals surface area contributed by atoms with Gasteiger partial charge in [-0.1, -0.05) is 10.5 Å². The molecule has 2 amide bonds. The molecule has 2 aliphatic rings. The van der Waals surface area contributed by atoms with E-state index in [1.807, 2.05) is 6.92 Å². The number of aliphatic imine (C=N–C) groups is 1. The van der Waals surface area contributed by atoms with Crippen LogP contribution >= 0.6 is 10.5 Å². The Hall–Kier alpha value is -3.02. The zero-order valence-electron chi connectivity index (χ0n) is 19.3. The molecule has 0 spiro atoms. The first-order chi connectivity index (χ1) is 15.9. The number of rotatable bonds is 3. The summed E-state index contributed by atoms with van der Waals surface area (Å²) in [5.74, 6) is -0.907. The largest absolute Gasteiger partial charge is 0.465 e. The molecule has 9 nitrogen and oxygen atoms in total. The Bertz CT molecular complexity index is 1190. The van der Waals surface area contributed by atoms with E-state index in [0.717, 1.165) is 5.69 Å². The van der Waals surface area contributed by atoms with Crippen molar-refractivity contribution in [2.24, 2.45) is 4.99 Å². The molecule has 0 bridgehead atoms. The Balaban J connectivity index is 1.78. The van der Waals surface area contributed by atoms with E-state index in [1.165, 1.54) is 24.4 Å². The Morgan fingerprint density at radius 2 is 1.94 bits per heavy atom. The number of nitrogens with zero attached hydrogens (tertiary/aromatic N) is 2. The number of carbonyl (C=O) groups is 2. The van der Waals surface area contributed by atoms with Crippen molar-refractivity contribution in [2.75, 3.05) is 11.9 Å². The van der Waals surface area contributed by atoms with Crippen LogP contribution < -0.4 is 15.4 Å². The first kappa shape index (κ1) is 24.1. The van der Waals surface area contributed by atoms with E-state index in [1.54, 1.807) is 32.9 Å².